The van der Waals surface area contributed by atoms with E-state index in [1.807, 2.05) is 0 Å². The van der Waals surface area contributed by atoms with Crippen LogP contribution in [0.25, 0.3) is 0 Å². The van der Waals surface area contributed by atoms with Gasteiger partial charge in [0, 0.05) is 25.2 Å². The summed E-state index contributed by atoms with van der Waals surface area (Å²) in [6.07, 6.45) is 6.33. The van der Waals surface area contributed by atoms with E-state index < -0.39 is 0 Å². The Kier molecular flexibility index (Phi) is 5.67. The fourth-order valence-corrected chi connectivity index (χ4v) is 3.81. The van der Waals surface area contributed by atoms with E-state index in [0.717, 1.165) is 31.6 Å². The maximum absolute atomic E-state index is 6.37. The van der Waals surface area contributed by atoms with Gasteiger partial charge in [0.25, 0.3) is 0 Å². The first-order chi connectivity index (χ1) is 9.08. The summed E-state index contributed by atoms with van der Waals surface area (Å²) in [5.74, 6) is 2.36. The maximum atomic E-state index is 6.37. The Morgan fingerprint density at radius 1 is 1.26 bits per heavy atom. The molecule has 1 saturated heterocycles. The van der Waals surface area contributed by atoms with Crippen molar-refractivity contribution < 1.29 is 4.74 Å². The molecule has 1 heterocycles. The molecular formula is C16H32N2O. The molecule has 3 heteroatoms. The summed E-state index contributed by atoms with van der Waals surface area (Å²) < 4.78 is 5.60. The molecule has 0 bridgehead atoms. The third kappa shape index (κ3) is 4.17. The van der Waals surface area contributed by atoms with Crippen LogP contribution in [-0.4, -0.2) is 43.8 Å². The van der Waals surface area contributed by atoms with Crippen molar-refractivity contribution in [3.05, 3.63) is 0 Å². The monoisotopic (exact) mass is 268 g/mol. The minimum atomic E-state index is 0.365. The van der Waals surface area contributed by atoms with Crippen LogP contribution >= 0.6 is 0 Å². The van der Waals surface area contributed by atoms with Gasteiger partial charge in [-0.05, 0) is 56.9 Å². The molecule has 0 spiro atoms. The van der Waals surface area contributed by atoms with Gasteiger partial charge in [-0.25, -0.2) is 0 Å². The molecular weight excluding hydrogens is 236 g/mol. The second-order valence-electron chi connectivity index (χ2n) is 7.07. The molecule has 4 atom stereocenters. The summed E-state index contributed by atoms with van der Waals surface area (Å²) in [6, 6.07) is 0.938. The van der Waals surface area contributed by atoms with Crippen molar-refractivity contribution in [2.75, 3.05) is 26.8 Å². The van der Waals surface area contributed by atoms with Crippen molar-refractivity contribution in [3.63, 3.8) is 0 Å². The second kappa shape index (κ2) is 7.05. The highest BCUT2D eigenvalue weighted by atomic mass is 16.5. The Balaban J connectivity index is 1.86. The van der Waals surface area contributed by atoms with E-state index in [1.54, 1.807) is 0 Å². The van der Waals surface area contributed by atoms with E-state index in [9.17, 15) is 0 Å². The summed E-state index contributed by atoms with van der Waals surface area (Å²) in [4.78, 5) is 2.53. The Labute approximate surface area is 118 Å². The van der Waals surface area contributed by atoms with E-state index in [-0.39, 0.29) is 0 Å². The predicted molar refractivity (Wildman–Crippen MR) is 80.1 cm³/mol. The van der Waals surface area contributed by atoms with E-state index in [1.165, 1.54) is 32.1 Å². The zero-order chi connectivity index (χ0) is 13.8. The molecule has 0 amide bonds. The molecule has 19 heavy (non-hydrogen) atoms. The Morgan fingerprint density at radius 2 is 2.05 bits per heavy atom. The summed E-state index contributed by atoms with van der Waals surface area (Å²) in [5, 5.41) is 0. The Bertz CT molecular complexity index is 263. The average molecular weight is 268 g/mol. The Morgan fingerprint density at radius 3 is 2.68 bits per heavy atom. The van der Waals surface area contributed by atoms with Crippen molar-refractivity contribution in [2.45, 2.75) is 58.0 Å². The van der Waals surface area contributed by atoms with Gasteiger partial charge in [0.05, 0.1) is 6.61 Å². The first-order valence-corrected chi connectivity index (χ1v) is 8.11. The molecule has 112 valence electrons. The van der Waals surface area contributed by atoms with E-state index >= 15 is 0 Å². The lowest BCUT2D eigenvalue weighted by Gasteiger charge is -2.42. The van der Waals surface area contributed by atoms with Gasteiger partial charge in [-0.15, -0.1) is 0 Å². The number of rotatable bonds is 4. The van der Waals surface area contributed by atoms with Gasteiger partial charge in [-0.1, -0.05) is 13.8 Å². The highest BCUT2D eigenvalue weighted by Crippen LogP contribution is 2.32. The highest BCUT2D eigenvalue weighted by Gasteiger charge is 2.33. The minimum Gasteiger partial charge on any atom is -0.381 e. The van der Waals surface area contributed by atoms with E-state index in [0.29, 0.717) is 18.0 Å². The van der Waals surface area contributed by atoms with Crippen LogP contribution in [0.4, 0.5) is 0 Å². The third-order valence-electron chi connectivity index (χ3n) is 5.22. The lowest BCUT2D eigenvalue weighted by atomic mass is 9.76. The zero-order valence-electron chi connectivity index (χ0n) is 13.0. The van der Waals surface area contributed by atoms with E-state index in [4.69, 9.17) is 10.5 Å². The van der Waals surface area contributed by atoms with Crippen LogP contribution in [0.3, 0.4) is 0 Å². The molecule has 3 nitrogen and oxygen atoms in total. The maximum Gasteiger partial charge on any atom is 0.0506 e. The average Bonchev–Trinajstić information content (AvgIpc) is 2.40. The Hall–Kier alpha value is -0.120. The van der Waals surface area contributed by atoms with Gasteiger partial charge in [0.15, 0.2) is 0 Å². The van der Waals surface area contributed by atoms with Crippen LogP contribution in [0.15, 0.2) is 0 Å². The second-order valence-corrected chi connectivity index (χ2v) is 7.07. The van der Waals surface area contributed by atoms with E-state index in [2.05, 4.69) is 25.8 Å². The number of ether oxygens (including phenoxy) is 1. The van der Waals surface area contributed by atoms with Crippen LogP contribution < -0.4 is 5.73 Å². The number of nitrogens with zero attached hydrogens (tertiary/aromatic N) is 1. The highest BCUT2D eigenvalue weighted by molar-refractivity contribution is 4.89. The van der Waals surface area contributed by atoms with Crippen molar-refractivity contribution in [2.24, 2.45) is 23.5 Å². The minimum absolute atomic E-state index is 0.365. The number of hydrogen-bond donors (Lipinski definition) is 1. The van der Waals surface area contributed by atoms with Crippen molar-refractivity contribution in [1.29, 1.82) is 0 Å². The van der Waals surface area contributed by atoms with Crippen LogP contribution in [0.2, 0.25) is 0 Å². The molecule has 2 fully saturated rings. The number of hydrogen-bond acceptors (Lipinski definition) is 3. The molecule has 1 aliphatic carbocycles. The normalized spacial score (nSPS) is 36.9. The van der Waals surface area contributed by atoms with Gasteiger partial charge in [-0.2, -0.15) is 0 Å². The quantitative estimate of drug-likeness (QED) is 0.851. The van der Waals surface area contributed by atoms with Crippen LogP contribution in [0.5, 0.6) is 0 Å². The van der Waals surface area contributed by atoms with Crippen molar-refractivity contribution >= 4 is 0 Å². The first-order valence-electron chi connectivity index (χ1n) is 8.11. The lowest BCUT2D eigenvalue weighted by Crippen LogP contribution is -2.51. The molecule has 2 N–H and O–H groups in total. The van der Waals surface area contributed by atoms with Gasteiger partial charge in [0.1, 0.15) is 0 Å². The van der Waals surface area contributed by atoms with Crippen LogP contribution in [0.1, 0.15) is 46.0 Å². The van der Waals surface area contributed by atoms with Gasteiger partial charge in [0.2, 0.25) is 0 Å². The van der Waals surface area contributed by atoms with Crippen LogP contribution in [0, 0.1) is 17.8 Å². The molecule has 1 aliphatic heterocycles. The fourth-order valence-electron chi connectivity index (χ4n) is 3.81. The van der Waals surface area contributed by atoms with Crippen molar-refractivity contribution in [1.82, 2.24) is 4.90 Å². The predicted octanol–water partition coefficient (Wildman–Crippen LogP) is 2.50. The van der Waals surface area contributed by atoms with Gasteiger partial charge >= 0.3 is 0 Å². The number of nitrogens with two attached hydrogens (primary N) is 1. The molecule has 1 saturated carbocycles. The largest absolute Gasteiger partial charge is 0.381 e. The lowest BCUT2D eigenvalue weighted by molar-refractivity contribution is 0.0261. The molecule has 0 aromatic carbocycles. The SMILES string of the molecule is CC(C)C1CCC(N)C(N(C)CC2CCCOC2)C1. The summed E-state index contributed by atoms with van der Waals surface area (Å²) in [7, 11) is 2.27. The third-order valence-corrected chi connectivity index (χ3v) is 5.22. The smallest absolute Gasteiger partial charge is 0.0506 e. The summed E-state index contributed by atoms with van der Waals surface area (Å²) in [5.41, 5.74) is 6.37. The number of likely N-dealkylation sites (N-methyl/N-ethyl adjacent to an activating group) is 1. The molecule has 2 aliphatic rings. The van der Waals surface area contributed by atoms with Crippen molar-refractivity contribution in [3.8, 4) is 0 Å². The molecule has 2 rings (SSSR count). The zero-order valence-corrected chi connectivity index (χ0v) is 13.0. The van der Waals surface area contributed by atoms with Crippen LogP contribution in [-0.2, 0) is 4.74 Å². The van der Waals surface area contributed by atoms with Gasteiger partial charge in [-0.3, -0.25) is 0 Å². The molecule has 0 aromatic heterocycles. The first kappa shape index (κ1) is 15.3. The standard InChI is InChI=1S/C16H32N2O/c1-12(2)14-6-7-15(17)16(9-14)18(3)10-13-5-4-8-19-11-13/h12-16H,4-11,17H2,1-3H3. The molecule has 0 aromatic rings. The fraction of sp³-hybridized carbons (Fsp3) is 1.00. The van der Waals surface area contributed by atoms with Gasteiger partial charge < -0.3 is 15.4 Å². The molecule has 4 unspecified atom stereocenters. The summed E-state index contributed by atoms with van der Waals surface area (Å²) >= 11 is 0. The summed E-state index contributed by atoms with van der Waals surface area (Å²) in [6.45, 7) is 7.77. The topological polar surface area (TPSA) is 38.5 Å². The molecule has 0 radical (unpaired) electrons.